The van der Waals surface area contributed by atoms with Gasteiger partial charge in [-0.1, -0.05) is 18.2 Å². The Morgan fingerprint density at radius 1 is 1.12 bits per heavy atom. The van der Waals surface area contributed by atoms with Crippen molar-refractivity contribution in [1.82, 2.24) is 14.2 Å². The molecule has 0 atom stereocenters. The third-order valence-electron chi connectivity index (χ3n) is 6.54. The third kappa shape index (κ3) is 5.46. The molecule has 7 nitrogen and oxygen atoms in total. The van der Waals surface area contributed by atoms with Crippen molar-refractivity contribution in [2.45, 2.75) is 43.0 Å². The summed E-state index contributed by atoms with van der Waals surface area (Å²) in [6, 6.07) is 14.6. The van der Waals surface area contributed by atoms with Crippen LogP contribution in [0.3, 0.4) is 0 Å². The van der Waals surface area contributed by atoms with Gasteiger partial charge in [0.1, 0.15) is 0 Å². The molecule has 176 valence electrons. The number of benzene rings is 2. The Hall–Kier alpha value is -2.68. The first kappa shape index (κ1) is 23.5. The van der Waals surface area contributed by atoms with Gasteiger partial charge in [0.05, 0.1) is 4.90 Å². The van der Waals surface area contributed by atoms with Gasteiger partial charge in [-0.3, -0.25) is 4.79 Å². The van der Waals surface area contributed by atoms with Crippen LogP contribution in [0.4, 0.5) is 5.69 Å². The van der Waals surface area contributed by atoms with Crippen molar-refractivity contribution < 1.29 is 13.2 Å². The Balaban J connectivity index is 1.30. The fraction of sp³-hybridized carbons (Fsp3) is 0.400. The lowest BCUT2D eigenvalue weighted by Crippen LogP contribution is -2.44. The number of anilines is 1. The zero-order valence-corrected chi connectivity index (χ0v) is 20.1. The van der Waals surface area contributed by atoms with Crippen LogP contribution in [0.15, 0.2) is 59.6 Å². The maximum absolute atomic E-state index is 13.0. The molecule has 8 heteroatoms. The van der Waals surface area contributed by atoms with Gasteiger partial charge in [0, 0.05) is 42.3 Å². The quantitative estimate of drug-likeness (QED) is 0.526. The number of hydrogen-bond acceptors (Lipinski definition) is 4. The van der Waals surface area contributed by atoms with Crippen LogP contribution in [-0.2, 0) is 21.2 Å². The van der Waals surface area contributed by atoms with Gasteiger partial charge in [-0.2, -0.15) is 4.31 Å². The SMILES string of the molecule is CN1CCC(N(C)S(=O)(=O)c2ccc(NC(=O)CCCc3c[nH]c4ccccc34)cc2)CC1. The summed E-state index contributed by atoms with van der Waals surface area (Å²) in [6.45, 7) is 1.80. The van der Waals surface area contributed by atoms with E-state index in [9.17, 15) is 13.2 Å². The van der Waals surface area contributed by atoms with Gasteiger partial charge in [-0.25, -0.2) is 8.42 Å². The molecule has 0 radical (unpaired) electrons. The number of nitrogens with zero attached hydrogens (tertiary/aromatic N) is 2. The zero-order chi connectivity index (χ0) is 23.4. The molecule has 4 rings (SSSR count). The number of nitrogens with one attached hydrogen (secondary N) is 2. The number of sulfonamides is 1. The summed E-state index contributed by atoms with van der Waals surface area (Å²) < 4.78 is 27.5. The molecule has 0 saturated carbocycles. The lowest BCUT2D eigenvalue weighted by molar-refractivity contribution is -0.116. The predicted octanol–water partition coefficient (Wildman–Crippen LogP) is 3.84. The van der Waals surface area contributed by atoms with Crippen LogP contribution in [0.2, 0.25) is 0 Å². The minimum Gasteiger partial charge on any atom is -0.361 e. The van der Waals surface area contributed by atoms with Crippen molar-refractivity contribution in [1.29, 1.82) is 0 Å². The summed E-state index contributed by atoms with van der Waals surface area (Å²) in [7, 11) is 0.158. The molecule has 0 aliphatic carbocycles. The van der Waals surface area contributed by atoms with Crippen LogP contribution in [0.5, 0.6) is 0 Å². The number of likely N-dealkylation sites (tertiary alicyclic amines) is 1. The van der Waals surface area contributed by atoms with E-state index < -0.39 is 10.0 Å². The highest BCUT2D eigenvalue weighted by molar-refractivity contribution is 7.89. The molecular formula is C25H32N4O3S. The van der Waals surface area contributed by atoms with Gasteiger partial charge in [0.2, 0.25) is 15.9 Å². The van der Waals surface area contributed by atoms with Gasteiger partial charge >= 0.3 is 0 Å². The summed E-state index contributed by atoms with van der Waals surface area (Å²) in [5.41, 5.74) is 2.92. The Labute approximate surface area is 195 Å². The molecular weight excluding hydrogens is 436 g/mol. The lowest BCUT2D eigenvalue weighted by atomic mass is 10.1. The second-order valence-corrected chi connectivity index (χ2v) is 10.8. The van der Waals surface area contributed by atoms with E-state index in [-0.39, 0.29) is 16.8 Å². The normalized spacial score (nSPS) is 15.8. The Morgan fingerprint density at radius 2 is 1.82 bits per heavy atom. The van der Waals surface area contributed by atoms with E-state index in [1.807, 2.05) is 24.4 Å². The van der Waals surface area contributed by atoms with E-state index >= 15 is 0 Å². The molecule has 33 heavy (non-hydrogen) atoms. The second-order valence-electron chi connectivity index (χ2n) is 8.84. The molecule has 0 bridgehead atoms. The van der Waals surface area contributed by atoms with E-state index in [2.05, 4.69) is 28.3 Å². The van der Waals surface area contributed by atoms with Gasteiger partial charge < -0.3 is 15.2 Å². The smallest absolute Gasteiger partial charge is 0.243 e. The highest BCUT2D eigenvalue weighted by atomic mass is 32.2. The number of amides is 1. The Morgan fingerprint density at radius 3 is 2.55 bits per heavy atom. The third-order valence-corrected chi connectivity index (χ3v) is 8.47. The Bertz CT molecular complexity index is 1200. The lowest BCUT2D eigenvalue weighted by Gasteiger charge is -2.34. The van der Waals surface area contributed by atoms with E-state index in [0.717, 1.165) is 44.3 Å². The number of fused-ring (bicyclic) bond motifs is 1. The zero-order valence-electron chi connectivity index (χ0n) is 19.3. The van der Waals surface area contributed by atoms with Crippen molar-refractivity contribution in [2.24, 2.45) is 0 Å². The molecule has 2 aromatic carbocycles. The first-order valence-electron chi connectivity index (χ1n) is 11.5. The van der Waals surface area contributed by atoms with Crippen molar-refractivity contribution in [3.8, 4) is 0 Å². The number of aromatic amines is 1. The summed E-state index contributed by atoms with van der Waals surface area (Å²) in [4.78, 5) is 18.1. The van der Waals surface area contributed by atoms with Gasteiger partial charge in [0.15, 0.2) is 0 Å². The predicted molar refractivity (Wildman–Crippen MR) is 132 cm³/mol. The summed E-state index contributed by atoms with van der Waals surface area (Å²) in [5, 5.41) is 4.07. The number of carbonyl (C=O) groups excluding carboxylic acids is 1. The summed E-state index contributed by atoms with van der Waals surface area (Å²) in [5.74, 6) is -0.0751. The van der Waals surface area contributed by atoms with E-state index in [1.165, 1.54) is 15.3 Å². The highest BCUT2D eigenvalue weighted by Crippen LogP contribution is 2.24. The van der Waals surface area contributed by atoms with Crippen molar-refractivity contribution in [2.75, 3.05) is 32.5 Å². The maximum Gasteiger partial charge on any atom is 0.243 e. The van der Waals surface area contributed by atoms with Crippen LogP contribution in [0.1, 0.15) is 31.2 Å². The van der Waals surface area contributed by atoms with Gasteiger partial charge in [-0.05, 0) is 81.7 Å². The fourth-order valence-electron chi connectivity index (χ4n) is 4.43. The molecule has 1 amide bonds. The maximum atomic E-state index is 13.0. The van der Waals surface area contributed by atoms with Gasteiger partial charge in [0.25, 0.3) is 0 Å². The number of aryl methyl sites for hydroxylation is 1. The highest BCUT2D eigenvalue weighted by Gasteiger charge is 2.30. The molecule has 1 aliphatic rings. The minimum absolute atomic E-state index is 0.0164. The molecule has 2 N–H and O–H groups in total. The van der Waals surface area contributed by atoms with Crippen molar-refractivity contribution >= 4 is 32.5 Å². The standard InChI is InChI=1S/C25H32N4O3S/c1-28-16-14-21(15-17-28)29(2)33(31,32)22-12-10-20(11-13-22)27-25(30)9-5-6-19-18-26-24-8-4-3-7-23(19)24/h3-4,7-8,10-13,18,21,26H,5-6,9,14-17H2,1-2H3,(H,27,30). The summed E-state index contributed by atoms with van der Waals surface area (Å²) in [6.07, 6.45) is 5.63. The fourth-order valence-corrected chi connectivity index (χ4v) is 5.85. The number of carbonyl (C=O) groups is 1. The van der Waals surface area contributed by atoms with E-state index in [1.54, 1.807) is 31.3 Å². The number of aromatic nitrogens is 1. The molecule has 1 saturated heterocycles. The first-order chi connectivity index (χ1) is 15.8. The molecule has 3 aromatic rings. The number of rotatable bonds is 8. The topological polar surface area (TPSA) is 85.5 Å². The van der Waals surface area contributed by atoms with E-state index in [4.69, 9.17) is 0 Å². The van der Waals surface area contributed by atoms with Gasteiger partial charge in [-0.15, -0.1) is 0 Å². The van der Waals surface area contributed by atoms with E-state index in [0.29, 0.717) is 12.1 Å². The van der Waals surface area contributed by atoms with Crippen LogP contribution in [0.25, 0.3) is 10.9 Å². The number of H-pyrrole nitrogens is 1. The molecule has 1 fully saturated rings. The first-order valence-corrected chi connectivity index (χ1v) is 12.9. The largest absolute Gasteiger partial charge is 0.361 e. The summed E-state index contributed by atoms with van der Waals surface area (Å²) >= 11 is 0. The van der Waals surface area contributed by atoms with Crippen LogP contribution < -0.4 is 5.32 Å². The van der Waals surface area contributed by atoms with Crippen molar-refractivity contribution in [3.05, 3.63) is 60.3 Å². The van der Waals surface area contributed by atoms with Crippen LogP contribution >= 0.6 is 0 Å². The molecule has 2 heterocycles. The number of hydrogen-bond donors (Lipinski definition) is 2. The number of piperidine rings is 1. The average molecular weight is 469 g/mol. The number of para-hydroxylation sites is 1. The average Bonchev–Trinajstić information content (AvgIpc) is 3.22. The molecule has 0 unspecified atom stereocenters. The van der Waals surface area contributed by atoms with Crippen LogP contribution in [0, 0.1) is 0 Å². The minimum atomic E-state index is -3.56. The molecule has 1 aromatic heterocycles. The molecule has 0 spiro atoms. The Kier molecular flexibility index (Phi) is 7.17. The second kappa shape index (κ2) is 10.1. The van der Waals surface area contributed by atoms with Crippen LogP contribution in [-0.4, -0.2) is 61.7 Å². The van der Waals surface area contributed by atoms with Crippen molar-refractivity contribution in [3.63, 3.8) is 0 Å². The molecule has 1 aliphatic heterocycles. The monoisotopic (exact) mass is 468 g/mol.